The first-order valence-corrected chi connectivity index (χ1v) is 7.25. The van der Waals surface area contributed by atoms with Crippen LogP contribution in [0.25, 0.3) is 11.3 Å². The summed E-state index contributed by atoms with van der Waals surface area (Å²) in [5.74, 6) is 0.348. The number of hydrogen-bond acceptors (Lipinski definition) is 4. The second-order valence-corrected chi connectivity index (χ2v) is 5.23. The Morgan fingerprint density at radius 3 is 2.52 bits per heavy atom. The Morgan fingerprint density at radius 1 is 1.13 bits per heavy atom. The molecule has 1 aromatic heterocycles. The van der Waals surface area contributed by atoms with Gasteiger partial charge in [-0.1, -0.05) is 35.5 Å². The molecular formula is C18H16N2O3. The zero-order chi connectivity index (χ0) is 16.2. The van der Waals surface area contributed by atoms with Crippen LogP contribution in [0, 0.1) is 0 Å². The average molecular weight is 308 g/mol. The summed E-state index contributed by atoms with van der Waals surface area (Å²) >= 11 is 0. The molecule has 0 radical (unpaired) electrons. The summed E-state index contributed by atoms with van der Waals surface area (Å²) in [4.78, 5) is 12.3. The maximum atomic E-state index is 12.3. The fraction of sp³-hybridized carbons (Fsp3) is 0.111. The monoisotopic (exact) mass is 308 g/mol. The van der Waals surface area contributed by atoms with E-state index in [0.29, 0.717) is 5.76 Å². The van der Waals surface area contributed by atoms with Crippen LogP contribution in [-0.2, 0) is 0 Å². The number of rotatable bonds is 4. The first-order chi connectivity index (χ1) is 11.1. The number of hydrogen-bond donors (Lipinski definition) is 2. The van der Waals surface area contributed by atoms with Gasteiger partial charge in [0.05, 0.1) is 6.04 Å². The molecule has 0 aliphatic rings. The van der Waals surface area contributed by atoms with Crippen molar-refractivity contribution in [1.29, 1.82) is 0 Å². The van der Waals surface area contributed by atoms with Gasteiger partial charge in [-0.15, -0.1) is 0 Å². The predicted molar refractivity (Wildman–Crippen MR) is 85.9 cm³/mol. The maximum Gasteiger partial charge on any atom is 0.273 e. The van der Waals surface area contributed by atoms with Crippen molar-refractivity contribution in [3.63, 3.8) is 0 Å². The molecule has 1 atom stereocenters. The van der Waals surface area contributed by atoms with Crippen LogP contribution in [0.2, 0.25) is 0 Å². The van der Waals surface area contributed by atoms with Crippen molar-refractivity contribution in [2.75, 3.05) is 0 Å². The quantitative estimate of drug-likeness (QED) is 0.773. The van der Waals surface area contributed by atoms with E-state index in [1.165, 1.54) is 0 Å². The van der Waals surface area contributed by atoms with Gasteiger partial charge >= 0.3 is 0 Å². The number of benzene rings is 2. The summed E-state index contributed by atoms with van der Waals surface area (Å²) in [5, 5.41) is 16.0. The molecule has 5 nitrogen and oxygen atoms in total. The maximum absolute atomic E-state index is 12.3. The summed E-state index contributed by atoms with van der Waals surface area (Å²) in [6.45, 7) is 1.91. The van der Waals surface area contributed by atoms with Crippen LogP contribution >= 0.6 is 0 Å². The van der Waals surface area contributed by atoms with Crippen molar-refractivity contribution in [2.24, 2.45) is 0 Å². The Balaban J connectivity index is 1.72. The number of aromatic hydroxyl groups is 1. The number of carbonyl (C=O) groups excluding carboxylic acids is 1. The third kappa shape index (κ3) is 3.40. The lowest BCUT2D eigenvalue weighted by Crippen LogP contribution is -2.26. The summed E-state index contributed by atoms with van der Waals surface area (Å²) in [6.07, 6.45) is 0. The van der Waals surface area contributed by atoms with Gasteiger partial charge in [-0.3, -0.25) is 4.79 Å². The normalized spacial score (nSPS) is 11.9. The summed E-state index contributed by atoms with van der Waals surface area (Å²) < 4.78 is 5.21. The van der Waals surface area contributed by atoms with Crippen molar-refractivity contribution in [3.05, 3.63) is 71.9 Å². The Hall–Kier alpha value is -3.08. The van der Waals surface area contributed by atoms with Crippen molar-refractivity contribution in [3.8, 4) is 17.1 Å². The molecule has 0 bridgehead atoms. The van der Waals surface area contributed by atoms with Crippen LogP contribution in [0.5, 0.6) is 5.75 Å². The van der Waals surface area contributed by atoms with Gasteiger partial charge in [0.2, 0.25) is 0 Å². The Morgan fingerprint density at radius 2 is 1.83 bits per heavy atom. The minimum absolute atomic E-state index is 0.127. The minimum atomic E-state index is -0.296. The van der Waals surface area contributed by atoms with E-state index in [9.17, 15) is 9.90 Å². The number of nitrogens with one attached hydrogen (secondary N) is 1. The fourth-order valence-electron chi connectivity index (χ4n) is 2.24. The second kappa shape index (κ2) is 6.36. The molecule has 1 unspecified atom stereocenters. The van der Waals surface area contributed by atoms with Gasteiger partial charge in [-0.05, 0) is 36.8 Å². The average Bonchev–Trinajstić information content (AvgIpc) is 3.06. The van der Waals surface area contributed by atoms with Crippen LogP contribution in [0.1, 0.15) is 29.0 Å². The van der Waals surface area contributed by atoms with Crippen LogP contribution in [0.15, 0.2) is 65.2 Å². The van der Waals surface area contributed by atoms with Crippen molar-refractivity contribution >= 4 is 5.91 Å². The Labute approximate surface area is 133 Å². The third-order valence-corrected chi connectivity index (χ3v) is 3.54. The van der Waals surface area contributed by atoms with Crippen molar-refractivity contribution in [1.82, 2.24) is 10.5 Å². The molecule has 3 aromatic rings. The van der Waals surface area contributed by atoms with Crippen molar-refractivity contribution in [2.45, 2.75) is 13.0 Å². The number of nitrogens with zero attached hydrogens (tertiary/aromatic N) is 1. The summed E-state index contributed by atoms with van der Waals surface area (Å²) in [7, 11) is 0. The molecule has 0 aliphatic carbocycles. The van der Waals surface area contributed by atoms with Gasteiger partial charge in [0.25, 0.3) is 5.91 Å². The van der Waals surface area contributed by atoms with Crippen LogP contribution in [0.4, 0.5) is 0 Å². The highest BCUT2D eigenvalue weighted by Crippen LogP contribution is 2.23. The Bertz CT molecular complexity index is 795. The Kier molecular flexibility index (Phi) is 4.10. The van der Waals surface area contributed by atoms with Gasteiger partial charge in [-0.2, -0.15) is 0 Å². The molecule has 2 aromatic carbocycles. The van der Waals surface area contributed by atoms with Crippen LogP contribution in [-0.4, -0.2) is 16.2 Å². The lowest BCUT2D eigenvalue weighted by Gasteiger charge is -2.12. The predicted octanol–water partition coefficient (Wildman–Crippen LogP) is 3.54. The van der Waals surface area contributed by atoms with E-state index in [4.69, 9.17) is 4.52 Å². The minimum Gasteiger partial charge on any atom is -0.508 e. The van der Waals surface area contributed by atoms with Gasteiger partial charge in [0.1, 0.15) is 5.75 Å². The molecule has 5 heteroatoms. The topological polar surface area (TPSA) is 75.4 Å². The molecule has 1 heterocycles. The number of carbonyl (C=O) groups is 1. The SMILES string of the molecule is CC(NC(=O)c1cc(-c2ccc(O)cc2)on1)c1ccccc1. The number of amides is 1. The molecule has 0 saturated heterocycles. The molecule has 3 rings (SSSR count). The molecule has 0 aliphatic heterocycles. The smallest absolute Gasteiger partial charge is 0.273 e. The van der Waals surface area contributed by atoms with E-state index < -0.39 is 0 Å². The zero-order valence-corrected chi connectivity index (χ0v) is 12.6. The van der Waals surface area contributed by atoms with Gasteiger partial charge < -0.3 is 14.9 Å². The summed E-state index contributed by atoms with van der Waals surface area (Å²) in [6, 6.07) is 17.6. The van der Waals surface area contributed by atoms with E-state index in [0.717, 1.165) is 11.1 Å². The third-order valence-electron chi connectivity index (χ3n) is 3.54. The van der Waals surface area contributed by atoms with Gasteiger partial charge in [0.15, 0.2) is 11.5 Å². The standard InChI is InChI=1S/C18H16N2O3/c1-12(13-5-3-2-4-6-13)19-18(22)16-11-17(23-20-16)14-7-9-15(21)10-8-14/h2-12,21H,1H3,(H,19,22). The molecule has 2 N–H and O–H groups in total. The number of phenolic OH excluding ortho intramolecular Hbond substituents is 1. The molecule has 0 fully saturated rings. The second-order valence-electron chi connectivity index (χ2n) is 5.23. The van der Waals surface area contributed by atoms with Crippen LogP contribution in [0.3, 0.4) is 0 Å². The van der Waals surface area contributed by atoms with E-state index >= 15 is 0 Å². The van der Waals surface area contributed by atoms with E-state index in [-0.39, 0.29) is 23.4 Å². The molecule has 0 saturated carbocycles. The molecule has 0 spiro atoms. The first kappa shape index (κ1) is 14.8. The first-order valence-electron chi connectivity index (χ1n) is 7.25. The zero-order valence-electron chi connectivity index (χ0n) is 12.6. The molecule has 1 amide bonds. The van der Waals surface area contributed by atoms with Gasteiger partial charge in [-0.25, -0.2) is 0 Å². The molecule has 23 heavy (non-hydrogen) atoms. The fourth-order valence-corrected chi connectivity index (χ4v) is 2.24. The molecular weight excluding hydrogens is 292 g/mol. The lowest BCUT2D eigenvalue weighted by atomic mass is 10.1. The van der Waals surface area contributed by atoms with E-state index in [1.807, 2.05) is 37.3 Å². The highest BCUT2D eigenvalue weighted by molar-refractivity contribution is 5.93. The lowest BCUT2D eigenvalue weighted by molar-refractivity contribution is 0.0931. The number of aromatic nitrogens is 1. The number of phenols is 1. The largest absolute Gasteiger partial charge is 0.508 e. The van der Waals surface area contributed by atoms with Crippen LogP contribution < -0.4 is 5.32 Å². The van der Waals surface area contributed by atoms with E-state index in [2.05, 4.69) is 10.5 Å². The van der Waals surface area contributed by atoms with Crippen molar-refractivity contribution < 1.29 is 14.4 Å². The highest BCUT2D eigenvalue weighted by Gasteiger charge is 2.16. The summed E-state index contributed by atoms with van der Waals surface area (Å²) in [5.41, 5.74) is 1.98. The van der Waals surface area contributed by atoms with E-state index in [1.54, 1.807) is 30.3 Å². The molecule has 116 valence electrons. The van der Waals surface area contributed by atoms with Gasteiger partial charge in [0, 0.05) is 11.6 Å². The highest BCUT2D eigenvalue weighted by atomic mass is 16.5.